The Balaban J connectivity index is 2.26. The van der Waals surface area contributed by atoms with Crippen LogP contribution in [0.2, 0.25) is 5.02 Å². The number of anilines is 1. The smallest absolute Gasteiger partial charge is 0.275 e. The van der Waals surface area contributed by atoms with Crippen LogP contribution in [0.15, 0.2) is 46.4 Å². The van der Waals surface area contributed by atoms with Gasteiger partial charge in [0, 0.05) is 0 Å². The summed E-state index contributed by atoms with van der Waals surface area (Å²) in [5.41, 5.74) is 4.70. The van der Waals surface area contributed by atoms with Gasteiger partial charge in [-0.2, -0.15) is 10.2 Å². The first-order chi connectivity index (χ1) is 9.72. The lowest BCUT2D eigenvalue weighted by atomic mass is 10.1. The highest BCUT2D eigenvalue weighted by molar-refractivity contribution is 6.32. The lowest BCUT2D eigenvalue weighted by Gasteiger charge is -2.07. The highest BCUT2D eigenvalue weighted by Gasteiger charge is 2.06. The lowest BCUT2D eigenvalue weighted by molar-refractivity contribution is 0.977. The van der Waals surface area contributed by atoms with Crippen molar-refractivity contribution in [2.75, 3.05) is 5.43 Å². The Morgan fingerprint density at radius 3 is 2.85 bits per heavy atom. The molecule has 0 saturated heterocycles. The van der Waals surface area contributed by atoms with E-state index in [1.54, 1.807) is 0 Å². The molecule has 2 aromatic rings. The second kappa shape index (κ2) is 6.86. The molecular formula is C14H15ClN4O. The summed E-state index contributed by atoms with van der Waals surface area (Å²) >= 11 is 5.88. The minimum atomic E-state index is -0.441. The predicted octanol–water partition coefficient (Wildman–Crippen LogP) is 3.04. The van der Waals surface area contributed by atoms with Gasteiger partial charge in [-0.15, -0.1) is 0 Å². The number of aromatic nitrogens is 2. The number of hydrazone groups is 1. The average Bonchev–Trinajstić information content (AvgIpc) is 2.48. The summed E-state index contributed by atoms with van der Waals surface area (Å²) in [6, 6.07) is 9.87. The normalized spacial score (nSPS) is 11.4. The van der Waals surface area contributed by atoms with E-state index in [0.29, 0.717) is 5.69 Å². The van der Waals surface area contributed by atoms with E-state index >= 15 is 0 Å². The summed E-state index contributed by atoms with van der Waals surface area (Å²) in [6.07, 6.45) is 3.23. The molecule has 0 radical (unpaired) electrons. The van der Waals surface area contributed by atoms with Gasteiger partial charge in [0.05, 0.1) is 11.9 Å². The maximum Gasteiger partial charge on any atom is 0.285 e. The molecule has 0 unspecified atom stereocenters. The molecule has 1 aromatic heterocycles. The number of nitrogens with zero attached hydrogens (tertiary/aromatic N) is 2. The first-order valence-corrected chi connectivity index (χ1v) is 6.71. The number of hydrogen-bond donors (Lipinski definition) is 2. The summed E-state index contributed by atoms with van der Waals surface area (Å²) < 4.78 is 0. The molecule has 0 spiro atoms. The van der Waals surface area contributed by atoms with Gasteiger partial charge in [-0.25, -0.2) is 5.10 Å². The fraction of sp³-hybridized carbons (Fsp3) is 0.214. The van der Waals surface area contributed by atoms with E-state index in [2.05, 4.69) is 27.6 Å². The van der Waals surface area contributed by atoms with E-state index in [-0.39, 0.29) is 5.02 Å². The van der Waals surface area contributed by atoms with E-state index < -0.39 is 5.56 Å². The molecule has 0 fully saturated rings. The minimum absolute atomic E-state index is 0.0488. The topological polar surface area (TPSA) is 70.1 Å². The van der Waals surface area contributed by atoms with E-state index in [4.69, 9.17) is 11.6 Å². The summed E-state index contributed by atoms with van der Waals surface area (Å²) in [4.78, 5) is 11.3. The van der Waals surface area contributed by atoms with Crippen molar-refractivity contribution in [2.24, 2.45) is 5.10 Å². The second-order valence-corrected chi connectivity index (χ2v) is 4.59. The molecular weight excluding hydrogens is 276 g/mol. The Labute approximate surface area is 121 Å². The Morgan fingerprint density at radius 1 is 1.40 bits per heavy atom. The van der Waals surface area contributed by atoms with Crippen molar-refractivity contribution < 1.29 is 0 Å². The van der Waals surface area contributed by atoms with Gasteiger partial charge in [-0.3, -0.25) is 10.2 Å². The number of nitrogens with one attached hydrogen (secondary N) is 2. The third-order valence-corrected chi connectivity index (χ3v) is 3.08. The fourth-order valence-corrected chi connectivity index (χ4v) is 1.85. The number of H-pyrrole nitrogens is 1. The Kier molecular flexibility index (Phi) is 4.90. The van der Waals surface area contributed by atoms with Gasteiger partial charge in [-0.1, -0.05) is 55.3 Å². The van der Waals surface area contributed by atoms with E-state index in [9.17, 15) is 4.79 Å². The van der Waals surface area contributed by atoms with E-state index in [0.717, 1.165) is 24.1 Å². The third-order valence-electron chi connectivity index (χ3n) is 2.70. The van der Waals surface area contributed by atoms with Crippen LogP contribution < -0.4 is 11.0 Å². The zero-order valence-corrected chi connectivity index (χ0v) is 11.8. The summed E-state index contributed by atoms with van der Waals surface area (Å²) in [6.45, 7) is 2.08. The first kappa shape index (κ1) is 14.3. The molecule has 5 nitrogen and oxygen atoms in total. The molecule has 0 bridgehead atoms. The van der Waals surface area contributed by atoms with Gasteiger partial charge in [0.15, 0.2) is 0 Å². The van der Waals surface area contributed by atoms with Crippen LogP contribution in [0.4, 0.5) is 5.69 Å². The summed E-state index contributed by atoms with van der Waals surface area (Å²) in [5, 5.41) is 10.3. The van der Waals surface area contributed by atoms with E-state index in [1.165, 1.54) is 6.20 Å². The Hall–Kier alpha value is -2.14. The maximum atomic E-state index is 11.3. The molecule has 0 amide bonds. The van der Waals surface area contributed by atoms with Gasteiger partial charge in [-0.05, 0) is 12.0 Å². The molecule has 2 N–H and O–H groups in total. The van der Waals surface area contributed by atoms with Crippen molar-refractivity contribution in [3.63, 3.8) is 0 Å². The Morgan fingerprint density at radius 2 is 2.15 bits per heavy atom. The molecule has 104 valence electrons. The highest BCUT2D eigenvalue weighted by Crippen LogP contribution is 2.15. The average molecular weight is 291 g/mol. The highest BCUT2D eigenvalue weighted by atomic mass is 35.5. The number of benzene rings is 1. The SMILES string of the molecule is CCC/C(=N\Nc1cn[nH]c(=O)c1Cl)c1ccccc1. The van der Waals surface area contributed by atoms with Crippen molar-refractivity contribution >= 4 is 23.0 Å². The molecule has 0 aliphatic rings. The van der Waals surface area contributed by atoms with Crippen LogP contribution in [-0.4, -0.2) is 15.9 Å². The molecule has 1 heterocycles. The van der Waals surface area contributed by atoms with Crippen LogP contribution in [0.1, 0.15) is 25.3 Å². The molecule has 0 aliphatic carbocycles. The molecule has 0 atom stereocenters. The van der Waals surface area contributed by atoms with Gasteiger partial charge < -0.3 is 0 Å². The van der Waals surface area contributed by atoms with Gasteiger partial charge >= 0.3 is 0 Å². The quantitative estimate of drug-likeness (QED) is 0.657. The standard InChI is InChI=1S/C14H15ClN4O/c1-2-6-11(10-7-4-3-5-8-10)17-18-12-9-16-19-14(20)13(12)15/h3-5,7-9H,2,6H2,1H3,(H2,18,19,20)/b17-11+. The van der Waals surface area contributed by atoms with Crippen LogP contribution in [0.5, 0.6) is 0 Å². The largest absolute Gasteiger partial charge is 0.285 e. The van der Waals surface area contributed by atoms with Crippen molar-refractivity contribution in [2.45, 2.75) is 19.8 Å². The van der Waals surface area contributed by atoms with Crippen LogP contribution in [0.3, 0.4) is 0 Å². The van der Waals surface area contributed by atoms with Crippen molar-refractivity contribution in [3.05, 3.63) is 57.5 Å². The van der Waals surface area contributed by atoms with Gasteiger partial charge in [0.25, 0.3) is 5.56 Å². The monoisotopic (exact) mass is 290 g/mol. The van der Waals surface area contributed by atoms with Crippen molar-refractivity contribution in [1.29, 1.82) is 0 Å². The lowest BCUT2D eigenvalue weighted by Crippen LogP contribution is -2.11. The van der Waals surface area contributed by atoms with Gasteiger partial charge in [0.1, 0.15) is 10.7 Å². The maximum absolute atomic E-state index is 11.3. The molecule has 0 saturated carbocycles. The molecule has 6 heteroatoms. The van der Waals surface area contributed by atoms with Crippen LogP contribution in [0, 0.1) is 0 Å². The second-order valence-electron chi connectivity index (χ2n) is 4.21. The first-order valence-electron chi connectivity index (χ1n) is 6.33. The van der Waals surface area contributed by atoms with Crippen molar-refractivity contribution in [3.8, 4) is 0 Å². The number of aromatic amines is 1. The molecule has 20 heavy (non-hydrogen) atoms. The van der Waals surface area contributed by atoms with Crippen LogP contribution in [0.25, 0.3) is 0 Å². The van der Waals surface area contributed by atoms with E-state index in [1.807, 2.05) is 30.3 Å². The molecule has 2 rings (SSSR count). The third kappa shape index (κ3) is 3.45. The molecule has 1 aromatic carbocycles. The van der Waals surface area contributed by atoms with Crippen LogP contribution in [-0.2, 0) is 0 Å². The number of hydrogen-bond acceptors (Lipinski definition) is 4. The summed E-state index contributed by atoms with van der Waals surface area (Å²) in [7, 11) is 0. The minimum Gasteiger partial charge on any atom is -0.275 e. The van der Waals surface area contributed by atoms with Gasteiger partial charge in [0.2, 0.25) is 0 Å². The zero-order valence-electron chi connectivity index (χ0n) is 11.1. The number of rotatable bonds is 5. The van der Waals surface area contributed by atoms with Crippen molar-refractivity contribution in [1.82, 2.24) is 10.2 Å². The Bertz CT molecular complexity index is 652. The van der Waals surface area contributed by atoms with Crippen LogP contribution >= 0.6 is 11.6 Å². The fourth-order valence-electron chi connectivity index (χ4n) is 1.72. The zero-order chi connectivity index (χ0) is 14.4. The molecule has 0 aliphatic heterocycles. The predicted molar refractivity (Wildman–Crippen MR) is 81.4 cm³/mol. The summed E-state index contributed by atoms with van der Waals surface area (Å²) in [5.74, 6) is 0. The number of halogens is 1.